The molecule has 1 aromatic heterocycles. The number of para-hydroxylation sites is 1. The zero-order valence-electron chi connectivity index (χ0n) is 14.2. The van der Waals surface area contributed by atoms with Crippen LogP contribution in [0.15, 0.2) is 48.7 Å². The number of hydrogen-bond donors (Lipinski definition) is 1. The minimum absolute atomic E-state index is 0.454. The lowest BCUT2D eigenvalue weighted by molar-refractivity contribution is 0.0350. The molecule has 0 aliphatic rings. The van der Waals surface area contributed by atoms with Crippen LogP contribution in [-0.4, -0.2) is 33.7 Å². The van der Waals surface area contributed by atoms with E-state index in [4.69, 9.17) is 4.74 Å². The van der Waals surface area contributed by atoms with Gasteiger partial charge < -0.3 is 9.84 Å². The molecule has 0 amide bonds. The van der Waals surface area contributed by atoms with E-state index in [2.05, 4.69) is 22.9 Å². The van der Waals surface area contributed by atoms with E-state index in [9.17, 15) is 5.11 Å². The smallest absolute Gasteiger partial charge is 0.130 e. The molecular formula is C19H26N2O2. The highest BCUT2D eigenvalue weighted by Gasteiger charge is 2.18. The summed E-state index contributed by atoms with van der Waals surface area (Å²) in [6, 6.07) is 13.9. The largest absolute Gasteiger partial charge is 0.487 e. The van der Waals surface area contributed by atoms with Gasteiger partial charge in [0, 0.05) is 24.8 Å². The Morgan fingerprint density at radius 2 is 1.87 bits per heavy atom. The molecular weight excluding hydrogens is 288 g/mol. The maximum absolute atomic E-state index is 10.0. The molecule has 1 heterocycles. The van der Waals surface area contributed by atoms with Crippen LogP contribution in [0.3, 0.4) is 0 Å². The Kier molecular flexibility index (Phi) is 6.13. The van der Waals surface area contributed by atoms with Crippen molar-refractivity contribution in [1.29, 1.82) is 0 Å². The van der Waals surface area contributed by atoms with E-state index in [0.29, 0.717) is 13.2 Å². The third kappa shape index (κ3) is 6.00. The van der Waals surface area contributed by atoms with Crippen molar-refractivity contribution in [2.24, 2.45) is 0 Å². The normalized spacial score (nSPS) is 11.7. The molecule has 0 saturated carbocycles. The molecule has 4 heteroatoms. The van der Waals surface area contributed by atoms with Crippen molar-refractivity contribution in [1.82, 2.24) is 9.88 Å². The highest BCUT2D eigenvalue weighted by molar-refractivity contribution is 5.33. The van der Waals surface area contributed by atoms with Crippen LogP contribution >= 0.6 is 0 Å². The van der Waals surface area contributed by atoms with Gasteiger partial charge >= 0.3 is 0 Å². The first-order valence-corrected chi connectivity index (χ1v) is 8.03. The maximum Gasteiger partial charge on any atom is 0.130 e. The second kappa shape index (κ2) is 8.09. The van der Waals surface area contributed by atoms with Gasteiger partial charge in [0.25, 0.3) is 0 Å². The monoisotopic (exact) mass is 314 g/mol. The second-order valence-corrected chi connectivity index (χ2v) is 6.33. The van der Waals surface area contributed by atoms with Crippen LogP contribution < -0.4 is 4.74 Å². The maximum atomic E-state index is 10.0. The summed E-state index contributed by atoms with van der Waals surface area (Å²) >= 11 is 0. The molecule has 124 valence electrons. The number of hydrogen-bond acceptors (Lipinski definition) is 4. The van der Waals surface area contributed by atoms with Crippen molar-refractivity contribution in [2.45, 2.75) is 39.5 Å². The fourth-order valence-electron chi connectivity index (χ4n) is 2.48. The van der Waals surface area contributed by atoms with Crippen molar-refractivity contribution >= 4 is 0 Å². The molecule has 1 aromatic carbocycles. The molecule has 0 spiro atoms. The third-order valence-corrected chi connectivity index (χ3v) is 3.53. The number of rotatable bonds is 8. The van der Waals surface area contributed by atoms with Crippen LogP contribution in [-0.2, 0) is 13.2 Å². The van der Waals surface area contributed by atoms with Crippen LogP contribution in [0, 0.1) is 0 Å². The van der Waals surface area contributed by atoms with Gasteiger partial charge in [-0.05, 0) is 38.6 Å². The summed E-state index contributed by atoms with van der Waals surface area (Å²) in [6.07, 6.45) is 1.77. The number of aliphatic hydroxyl groups is 1. The van der Waals surface area contributed by atoms with Crippen molar-refractivity contribution in [3.63, 3.8) is 0 Å². The zero-order valence-corrected chi connectivity index (χ0v) is 14.2. The number of likely N-dealkylation sites (N-methyl/N-ethyl adjacent to an activating group) is 1. The first-order valence-electron chi connectivity index (χ1n) is 8.03. The topological polar surface area (TPSA) is 45.6 Å². The molecule has 0 radical (unpaired) electrons. The summed E-state index contributed by atoms with van der Waals surface area (Å²) in [5.74, 6) is 0.868. The van der Waals surface area contributed by atoms with Crippen LogP contribution in [0.5, 0.6) is 5.75 Å². The minimum atomic E-state index is -0.709. The molecule has 0 fully saturated rings. The standard InChI is InChI=1S/C19H26N2O2/c1-4-21(15-19(2,3)22)13-16-9-5-6-11-18(16)23-14-17-10-7-8-12-20-17/h5-12,22H,4,13-15H2,1-3H3. The molecule has 4 nitrogen and oxygen atoms in total. The molecule has 0 saturated heterocycles. The van der Waals surface area contributed by atoms with Crippen LogP contribution in [0.2, 0.25) is 0 Å². The molecule has 0 atom stereocenters. The van der Waals surface area contributed by atoms with Gasteiger partial charge in [-0.1, -0.05) is 31.2 Å². The quantitative estimate of drug-likeness (QED) is 0.812. The summed E-state index contributed by atoms with van der Waals surface area (Å²) in [4.78, 5) is 6.49. The van der Waals surface area contributed by atoms with Gasteiger partial charge in [-0.15, -0.1) is 0 Å². The van der Waals surface area contributed by atoms with Crippen molar-refractivity contribution < 1.29 is 9.84 Å². The van der Waals surface area contributed by atoms with E-state index in [1.54, 1.807) is 6.20 Å². The second-order valence-electron chi connectivity index (χ2n) is 6.33. The van der Waals surface area contributed by atoms with Crippen molar-refractivity contribution in [2.75, 3.05) is 13.1 Å². The van der Waals surface area contributed by atoms with Gasteiger partial charge in [-0.25, -0.2) is 0 Å². The molecule has 0 aliphatic carbocycles. The van der Waals surface area contributed by atoms with Gasteiger partial charge in [0.2, 0.25) is 0 Å². The lowest BCUT2D eigenvalue weighted by Gasteiger charge is -2.28. The van der Waals surface area contributed by atoms with Gasteiger partial charge in [0.1, 0.15) is 12.4 Å². The van der Waals surface area contributed by atoms with Gasteiger partial charge in [-0.3, -0.25) is 9.88 Å². The number of aromatic nitrogens is 1. The van der Waals surface area contributed by atoms with Crippen LogP contribution in [0.1, 0.15) is 32.0 Å². The molecule has 2 aromatic rings. The molecule has 0 aliphatic heterocycles. The van der Waals surface area contributed by atoms with E-state index in [1.165, 1.54) is 0 Å². The van der Waals surface area contributed by atoms with E-state index < -0.39 is 5.60 Å². The molecule has 23 heavy (non-hydrogen) atoms. The third-order valence-electron chi connectivity index (χ3n) is 3.53. The number of nitrogens with zero attached hydrogens (tertiary/aromatic N) is 2. The van der Waals surface area contributed by atoms with Crippen molar-refractivity contribution in [3.8, 4) is 5.75 Å². The predicted molar refractivity (Wildman–Crippen MR) is 92.3 cm³/mol. The number of ether oxygens (including phenoxy) is 1. The van der Waals surface area contributed by atoms with Crippen molar-refractivity contribution in [3.05, 3.63) is 59.9 Å². The van der Waals surface area contributed by atoms with Crippen LogP contribution in [0.25, 0.3) is 0 Å². The fraction of sp³-hybridized carbons (Fsp3) is 0.421. The Bertz CT molecular complexity index is 594. The van der Waals surface area contributed by atoms with Gasteiger partial charge in [-0.2, -0.15) is 0 Å². The fourth-order valence-corrected chi connectivity index (χ4v) is 2.48. The lowest BCUT2D eigenvalue weighted by Crippen LogP contribution is -2.38. The Balaban J connectivity index is 2.04. The Morgan fingerprint density at radius 1 is 1.13 bits per heavy atom. The average molecular weight is 314 g/mol. The summed E-state index contributed by atoms with van der Waals surface area (Å²) < 4.78 is 5.95. The summed E-state index contributed by atoms with van der Waals surface area (Å²) in [5, 5.41) is 10.0. The molecule has 0 unspecified atom stereocenters. The van der Waals surface area contributed by atoms with Crippen LogP contribution in [0.4, 0.5) is 0 Å². The molecule has 2 rings (SSSR count). The average Bonchev–Trinajstić information content (AvgIpc) is 2.53. The van der Waals surface area contributed by atoms with E-state index >= 15 is 0 Å². The van der Waals surface area contributed by atoms with E-state index in [-0.39, 0.29) is 0 Å². The minimum Gasteiger partial charge on any atom is -0.487 e. The Morgan fingerprint density at radius 3 is 2.52 bits per heavy atom. The van der Waals surface area contributed by atoms with Gasteiger partial charge in [0.05, 0.1) is 11.3 Å². The Hall–Kier alpha value is -1.91. The van der Waals surface area contributed by atoms with E-state index in [1.807, 2.05) is 50.2 Å². The highest BCUT2D eigenvalue weighted by atomic mass is 16.5. The first kappa shape index (κ1) is 17.4. The zero-order chi connectivity index (χ0) is 16.7. The Labute approximate surface area is 138 Å². The SMILES string of the molecule is CCN(Cc1ccccc1OCc1ccccn1)CC(C)(C)O. The summed E-state index contributed by atoms with van der Waals surface area (Å²) in [6.45, 7) is 8.46. The molecule has 0 bridgehead atoms. The van der Waals surface area contributed by atoms with E-state index in [0.717, 1.165) is 30.1 Å². The predicted octanol–water partition coefficient (Wildman–Crippen LogP) is 3.25. The number of benzene rings is 1. The first-order chi connectivity index (χ1) is 11.0. The van der Waals surface area contributed by atoms with Gasteiger partial charge in [0.15, 0.2) is 0 Å². The number of pyridine rings is 1. The molecule has 1 N–H and O–H groups in total. The highest BCUT2D eigenvalue weighted by Crippen LogP contribution is 2.21. The lowest BCUT2D eigenvalue weighted by atomic mass is 10.1. The summed E-state index contributed by atoms with van der Waals surface area (Å²) in [5.41, 5.74) is 1.32. The summed E-state index contributed by atoms with van der Waals surface area (Å²) in [7, 11) is 0.